The van der Waals surface area contributed by atoms with Crippen LogP contribution >= 0.6 is 0 Å². The quantitative estimate of drug-likeness (QED) is 0.792. The second kappa shape index (κ2) is 6.27. The minimum Gasteiger partial charge on any atom is -0.291 e. The van der Waals surface area contributed by atoms with Gasteiger partial charge in [0.1, 0.15) is 0 Å². The molecule has 108 valence electrons. The summed E-state index contributed by atoms with van der Waals surface area (Å²) in [5.41, 5.74) is 4.05. The van der Waals surface area contributed by atoms with Crippen LogP contribution in [-0.4, -0.2) is 10.8 Å². The van der Waals surface area contributed by atoms with Crippen molar-refractivity contribution in [3.63, 3.8) is 0 Å². The Labute approximate surface area is 130 Å². The van der Waals surface area contributed by atoms with Crippen molar-refractivity contribution in [3.05, 3.63) is 101 Å². The molecule has 0 aliphatic carbocycles. The minimum atomic E-state index is -0.0220. The standard InChI is InChI=1S/C20H17NO/c1-16-7-9-19(10-8-16)20(22)21-13-11-18(12-14-21)15-17-5-3-2-4-6-17/h2-15H,1H3. The number of carbonyl (C=O) groups excluding carboxylic acids is 1. The zero-order valence-electron chi connectivity index (χ0n) is 12.4. The molecule has 22 heavy (non-hydrogen) atoms. The third-order valence-electron chi connectivity index (χ3n) is 3.52. The molecule has 2 heteroatoms. The van der Waals surface area contributed by atoms with Gasteiger partial charge in [-0.15, -0.1) is 0 Å². The van der Waals surface area contributed by atoms with Crippen molar-refractivity contribution >= 4 is 12.0 Å². The Hall–Kier alpha value is -2.87. The number of benzene rings is 2. The van der Waals surface area contributed by atoms with Gasteiger partial charge in [0.05, 0.1) is 0 Å². The van der Waals surface area contributed by atoms with Gasteiger partial charge in [-0.25, -0.2) is 0 Å². The summed E-state index contributed by atoms with van der Waals surface area (Å²) in [6.07, 6.45) is 9.58. The van der Waals surface area contributed by atoms with E-state index in [1.165, 1.54) is 0 Å². The van der Waals surface area contributed by atoms with Crippen LogP contribution in [0, 0.1) is 6.92 Å². The molecule has 0 unspecified atom stereocenters. The molecule has 1 aliphatic rings. The molecule has 2 aromatic rings. The lowest BCUT2D eigenvalue weighted by atomic mass is 10.1. The molecule has 3 rings (SSSR count). The van der Waals surface area contributed by atoms with Gasteiger partial charge in [0.15, 0.2) is 0 Å². The highest BCUT2D eigenvalue weighted by Gasteiger charge is 2.12. The molecule has 0 saturated heterocycles. The highest BCUT2D eigenvalue weighted by atomic mass is 16.2. The SMILES string of the molecule is Cc1ccc(C(=O)N2C=CC(=Cc3ccccc3)C=C2)cc1. The Bertz CT molecular complexity index is 736. The average molecular weight is 287 g/mol. The maximum Gasteiger partial charge on any atom is 0.261 e. The third-order valence-corrected chi connectivity index (χ3v) is 3.52. The number of carbonyl (C=O) groups is 1. The zero-order valence-corrected chi connectivity index (χ0v) is 12.4. The van der Waals surface area contributed by atoms with Gasteiger partial charge in [-0.05, 0) is 48.4 Å². The van der Waals surface area contributed by atoms with Gasteiger partial charge < -0.3 is 0 Å². The maximum absolute atomic E-state index is 12.4. The minimum absolute atomic E-state index is 0.0220. The van der Waals surface area contributed by atoms with E-state index >= 15 is 0 Å². The summed E-state index contributed by atoms with van der Waals surface area (Å²) < 4.78 is 0. The molecule has 0 bridgehead atoms. The zero-order chi connectivity index (χ0) is 15.4. The molecule has 1 heterocycles. The topological polar surface area (TPSA) is 20.3 Å². The van der Waals surface area contributed by atoms with Crippen LogP contribution in [0.5, 0.6) is 0 Å². The van der Waals surface area contributed by atoms with E-state index < -0.39 is 0 Å². The van der Waals surface area contributed by atoms with Crippen molar-refractivity contribution < 1.29 is 4.79 Å². The van der Waals surface area contributed by atoms with Crippen LogP contribution < -0.4 is 0 Å². The number of allylic oxidation sites excluding steroid dienone is 3. The van der Waals surface area contributed by atoms with Crippen molar-refractivity contribution in [1.82, 2.24) is 4.90 Å². The number of hydrogen-bond acceptors (Lipinski definition) is 1. The molecule has 0 radical (unpaired) electrons. The van der Waals surface area contributed by atoms with Crippen molar-refractivity contribution in [2.45, 2.75) is 6.92 Å². The molecule has 0 saturated carbocycles. The van der Waals surface area contributed by atoms with E-state index in [4.69, 9.17) is 0 Å². The monoisotopic (exact) mass is 287 g/mol. The fourth-order valence-electron chi connectivity index (χ4n) is 2.26. The number of amides is 1. The summed E-state index contributed by atoms with van der Waals surface area (Å²) in [6.45, 7) is 2.01. The van der Waals surface area contributed by atoms with Crippen LogP contribution in [0.3, 0.4) is 0 Å². The van der Waals surface area contributed by atoms with E-state index in [1.807, 2.05) is 61.5 Å². The fraction of sp³-hybridized carbons (Fsp3) is 0.0500. The highest BCUT2D eigenvalue weighted by molar-refractivity contribution is 5.96. The summed E-state index contributed by atoms with van der Waals surface area (Å²) in [4.78, 5) is 14.0. The third kappa shape index (κ3) is 3.23. The van der Waals surface area contributed by atoms with E-state index in [9.17, 15) is 4.79 Å². The smallest absolute Gasteiger partial charge is 0.261 e. The Kier molecular flexibility index (Phi) is 4.01. The van der Waals surface area contributed by atoms with Gasteiger partial charge in [-0.2, -0.15) is 0 Å². The van der Waals surface area contributed by atoms with Gasteiger partial charge in [-0.1, -0.05) is 48.0 Å². The van der Waals surface area contributed by atoms with Crippen LogP contribution in [0.1, 0.15) is 21.5 Å². The first-order valence-corrected chi connectivity index (χ1v) is 7.25. The first-order chi connectivity index (χ1) is 10.7. The summed E-state index contributed by atoms with van der Waals surface area (Å²) in [5.74, 6) is -0.0220. The average Bonchev–Trinajstić information content (AvgIpc) is 2.57. The van der Waals surface area contributed by atoms with Crippen molar-refractivity contribution in [2.24, 2.45) is 0 Å². The molecule has 0 fully saturated rings. The molecule has 1 aliphatic heterocycles. The van der Waals surface area contributed by atoms with Crippen molar-refractivity contribution in [2.75, 3.05) is 0 Å². The number of aryl methyl sites for hydroxylation is 1. The van der Waals surface area contributed by atoms with Crippen LogP contribution in [0.4, 0.5) is 0 Å². The Morgan fingerprint density at radius 2 is 1.55 bits per heavy atom. The summed E-state index contributed by atoms with van der Waals surface area (Å²) >= 11 is 0. The lowest BCUT2D eigenvalue weighted by Crippen LogP contribution is -2.21. The molecule has 0 atom stereocenters. The molecular formula is C20H17NO. The predicted molar refractivity (Wildman–Crippen MR) is 90.0 cm³/mol. The number of nitrogens with zero attached hydrogens (tertiary/aromatic N) is 1. The summed E-state index contributed by atoms with van der Waals surface area (Å²) in [7, 11) is 0. The van der Waals surface area contributed by atoms with Gasteiger partial charge in [0, 0.05) is 18.0 Å². The van der Waals surface area contributed by atoms with E-state index in [0.29, 0.717) is 5.56 Å². The van der Waals surface area contributed by atoms with Crippen LogP contribution in [0.25, 0.3) is 6.08 Å². The molecule has 0 N–H and O–H groups in total. The van der Waals surface area contributed by atoms with Gasteiger partial charge in [0.25, 0.3) is 5.91 Å². The highest BCUT2D eigenvalue weighted by Crippen LogP contribution is 2.16. The molecular weight excluding hydrogens is 270 g/mol. The normalized spacial score (nSPS) is 13.3. The van der Waals surface area contributed by atoms with Crippen LogP contribution in [0.2, 0.25) is 0 Å². The second-order valence-electron chi connectivity index (χ2n) is 5.26. The van der Waals surface area contributed by atoms with Crippen LogP contribution in [0.15, 0.2) is 84.7 Å². The number of hydrogen-bond donors (Lipinski definition) is 0. The first kappa shape index (κ1) is 14.1. The summed E-state index contributed by atoms with van der Waals surface area (Å²) in [6, 6.07) is 17.7. The Balaban J connectivity index is 1.74. The van der Waals surface area contributed by atoms with E-state index in [2.05, 4.69) is 18.2 Å². The Morgan fingerprint density at radius 1 is 0.909 bits per heavy atom. The van der Waals surface area contributed by atoms with Gasteiger partial charge in [-0.3, -0.25) is 9.69 Å². The molecule has 2 aromatic carbocycles. The fourth-order valence-corrected chi connectivity index (χ4v) is 2.26. The molecule has 2 nitrogen and oxygen atoms in total. The molecule has 1 amide bonds. The molecule has 0 spiro atoms. The largest absolute Gasteiger partial charge is 0.291 e. The van der Waals surface area contributed by atoms with E-state index in [0.717, 1.165) is 16.7 Å². The van der Waals surface area contributed by atoms with Crippen molar-refractivity contribution in [3.8, 4) is 0 Å². The van der Waals surface area contributed by atoms with E-state index in [-0.39, 0.29) is 5.91 Å². The predicted octanol–water partition coefficient (Wildman–Crippen LogP) is 4.56. The lowest BCUT2D eigenvalue weighted by Gasteiger charge is -2.17. The second-order valence-corrected chi connectivity index (χ2v) is 5.26. The number of rotatable bonds is 2. The van der Waals surface area contributed by atoms with Crippen LogP contribution in [-0.2, 0) is 0 Å². The first-order valence-electron chi connectivity index (χ1n) is 7.25. The maximum atomic E-state index is 12.4. The lowest BCUT2D eigenvalue weighted by molar-refractivity contribution is 0.0868. The molecule has 0 aromatic heterocycles. The van der Waals surface area contributed by atoms with Gasteiger partial charge >= 0.3 is 0 Å². The van der Waals surface area contributed by atoms with E-state index in [1.54, 1.807) is 17.3 Å². The van der Waals surface area contributed by atoms with Gasteiger partial charge in [0.2, 0.25) is 0 Å². The van der Waals surface area contributed by atoms with Crippen molar-refractivity contribution in [1.29, 1.82) is 0 Å². The summed E-state index contributed by atoms with van der Waals surface area (Å²) in [5, 5.41) is 0. The Morgan fingerprint density at radius 3 is 2.18 bits per heavy atom.